The molecule has 1 heterocycles. The minimum atomic E-state index is -1.35. The van der Waals surface area contributed by atoms with Crippen molar-refractivity contribution in [2.45, 2.75) is 141 Å². The molecule has 0 spiro atoms. The van der Waals surface area contributed by atoms with Crippen LogP contribution in [0.25, 0.3) is 0 Å². The Labute approximate surface area is 312 Å². The zero-order valence-electron chi connectivity index (χ0n) is 32.4. The minimum Gasteiger partial charge on any atom is -0.394 e. The third kappa shape index (κ3) is 10.1. The standard InChI is InChI=1S/C41H72O9S/c1-27(2)7-6-8-28(3)32-11-12-33-31-10-9-29-25-30(13-15-40(29,4)34(31)14-16-41(32,33)5)49-22-21-47-18-17-46-19-20-48-23-24-51-39-38(45)37(44)36(43)35(26-42)50-39/h9,27-28,30-39,42-45H,6-8,10-26H2,1-5H3/t28-,30-,31+,32-,33+,34+,35-,36+,37+,38-,39+,40+,41-/m1/s1. The van der Waals surface area contributed by atoms with Crippen molar-refractivity contribution in [2.24, 2.45) is 46.3 Å². The lowest BCUT2D eigenvalue weighted by molar-refractivity contribution is -0.205. The first-order chi connectivity index (χ1) is 24.5. The van der Waals surface area contributed by atoms with Crippen molar-refractivity contribution in [1.82, 2.24) is 0 Å². The molecule has 9 nitrogen and oxygen atoms in total. The van der Waals surface area contributed by atoms with E-state index >= 15 is 0 Å². The second kappa shape index (κ2) is 19.5. The van der Waals surface area contributed by atoms with E-state index < -0.39 is 36.5 Å². The Morgan fingerprint density at radius 2 is 1.53 bits per heavy atom. The van der Waals surface area contributed by atoms with E-state index in [1.165, 1.54) is 69.5 Å². The SMILES string of the molecule is CC(C)CCC[C@@H](C)[C@H]1CC[C@H]2[C@@H]3CC=C4C[C@H](OCCOCCOCCOCCS[C@@H]5O[C@H](CO)[C@H](O)[C@H](O)[C@H]5O)CC[C@]4(C)[C@H]3CC[C@]12C. The lowest BCUT2D eigenvalue weighted by Crippen LogP contribution is -2.57. The van der Waals surface area contributed by atoms with Crippen molar-refractivity contribution in [3.8, 4) is 0 Å². The summed E-state index contributed by atoms with van der Waals surface area (Å²) in [6, 6.07) is 0. The third-order valence-corrected chi connectivity index (χ3v) is 15.1. The van der Waals surface area contributed by atoms with Gasteiger partial charge in [-0.15, -0.1) is 11.8 Å². The number of allylic oxidation sites excluding steroid dienone is 1. The van der Waals surface area contributed by atoms with E-state index in [1.54, 1.807) is 5.57 Å². The highest BCUT2D eigenvalue weighted by Crippen LogP contribution is 2.67. The number of hydrogen-bond acceptors (Lipinski definition) is 10. The molecule has 0 amide bonds. The maximum Gasteiger partial charge on any atom is 0.132 e. The molecular weight excluding hydrogens is 669 g/mol. The van der Waals surface area contributed by atoms with Gasteiger partial charge < -0.3 is 44.1 Å². The molecule has 0 aromatic carbocycles. The second-order valence-corrected chi connectivity index (χ2v) is 18.6. The quantitative estimate of drug-likeness (QED) is 0.0873. The summed E-state index contributed by atoms with van der Waals surface area (Å²) in [5.74, 6) is 5.75. The van der Waals surface area contributed by atoms with Crippen molar-refractivity contribution in [1.29, 1.82) is 0 Å². The summed E-state index contributed by atoms with van der Waals surface area (Å²) in [7, 11) is 0. The van der Waals surface area contributed by atoms with Crippen LogP contribution in [0.1, 0.15) is 105 Å². The van der Waals surface area contributed by atoms with E-state index in [0.29, 0.717) is 68.9 Å². The molecule has 10 heteroatoms. The van der Waals surface area contributed by atoms with Crippen molar-refractivity contribution >= 4 is 11.8 Å². The number of aliphatic hydroxyl groups is 4. The molecule has 1 saturated heterocycles. The monoisotopic (exact) mass is 740 g/mol. The maximum absolute atomic E-state index is 10.1. The zero-order chi connectivity index (χ0) is 36.6. The van der Waals surface area contributed by atoms with E-state index in [-0.39, 0.29) is 0 Å². The van der Waals surface area contributed by atoms with Gasteiger partial charge in [-0.05, 0) is 97.7 Å². The van der Waals surface area contributed by atoms with Gasteiger partial charge in [0.05, 0.1) is 59.0 Å². The summed E-state index contributed by atoms with van der Waals surface area (Å²) in [4.78, 5) is 0. The Morgan fingerprint density at radius 3 is 2.24 bits per heavy atom. The van der Waals surface area contributed by atoms with E-state index in [4.69, 9.17) is 23.7 Å². The molecule has 0 unspecified atom stereocenters. The van der Waals surface area contributed by atoms with Crippen LogP contribution in [0.3, 0.4) is 0 Å². The van der Waals surface area contributed by atoms with Crippen LogP contribution in [0.5, 0.6) is 0 Å². The highest BCUT2D eigenvalue weighted by atomic mass is 32.2. The average molecular weight is 741 g/mol. The summed E-state index contributed by atoms with van der Waals surface area (Å²) >= 11 is 1.28. The van der Waals surface area contributed by atoms with Gasteiger partial charge in [0.15, 0.2) is 0 Å². The lowest BCUT2D eigenvalue weighted by atomic mass is 9.47. The van der Waals surface area contributed by atoms with E-state index in [0.717, 1.165) is 48.3 Å². The highest BCUT2D eigenvalue weighted by Gasteiger charge is 2.59. The number of aliphatic hydroxyl groups excluding tert-OH is 4. The van der Waals surface area contributed by atoms with E-state index in [9.17, 15) is 20.4 Å². The fraction of sp³-hybridized carbons (Fsp3) is 0.951. The Kier molecular flexibility index (Phi) is 16.1. The summed E-state index contributed by atoms with van der Waals surface area (Å²) in [6.07, 6.45) is 12.9. The van der Waals surface area contributed by atoms with Gasteiger partial charge in [-0.2, -0.15) is 0 Å². The smallest absolute Gasteiger partial charge is 0.132 e. The molecular formula is C41H72O9S. The summed E-state index contributed by atoms with van der Waals surface area (Å²) in [5.41, 5.74) is 1.85. The zero-order valence-corrected chi connectivity index (χ0v) is 33.2. The van der Waals surface area contributed by atoms with Crippen molar-refractivity contribution in [3.05, 3.63) is 11.6 Å². The number of fused-ring (bicyclic) bond motifs is 5. The minimum absolute atomic E-state index is 0.299. The van der Waals surface area contributed by atoms with Gasteiger partial charge in [-0.1, -0.05) is 65.5 Å². The molecule has 0 aromatic heterocycles. The summed E-state index contributed by atoms with van der Waals surface area (Å²) in [5, 5.41) is 39.2. The Balaban J connectivity index is 0.914. The van der Waals surface area contributed by atoms with Crippen molar-refractivity contribution in [3.63, 3.8) is 0 Å². The van der Waals surface area contributed by atoms with Crippen LogP contribution in [0.15, 0.2) is 11.6 Å². The molecule has 4 fully saturated rings. The molecule has 296 valence electrons. The predicted molar refractivity (Wildman–Crippen MR) is 201 cm³/mol. The highest BCUT2D eigenvalue weighted by molar-refractivity contribution is 7.99. The van der Waals surface area contributed by atoms with Crippen LogP contribution in [-0.4, -0.2) is 115 Å². The number of hydrogen-bond donors (Lipinski definition) is 4. The molecule has 0 radical (unpaired) electrons. The topological polar surface area (TPSA) is 127 Å². The predicted octanol–water partition coefficient (Wildman–Crippen LogP) is 6.00. The van der Waals surface area contributed by atoms with Gasteiger partial charge in [-0.3, -0.25) is 0 Å². The van der Waals surface area contributed by atoms with Crippen molar-refractivity contribution in [2.75, 3.05) is 58.6 Å². The fourth-order valence-corrected chi connectivity index (χ4v) is 12.1. The lowest BCUT2D eigenvalue weighted by Gasteiger charge is -2.58. The largest absolute Gasteiger partial charge is 0.394 e. The van der Waals surface area contributed by atoms with Crippen LogP contribution < -0.4 is 0 Å². The van der Waals surface area contributed by atoms with Crippen LogP contribution in [0, 0.1) is 46.3 Å². The van der Waals surface area contributed by atoms with E-state index in [1.807, 2.05) is 0 Å². The summed E-state index contributed by atoms with van der Waals surface area (Å²) in [6.45, 7) is 15.7. The van der Waals surface area contributed by atoms with Crippen LogP contribution in [-0.2, 0) is 23.7 Å². The number of thioether (sulfide) groups is 1. The molecule has 0 aromatic rings. The Bertz CT molecular complexity index is 1070. The molecule has 51 heavy (non-hydrogen) atoms. The second-order valence-electron chi connectivity index (χ2n) is 17.4. The average Bonchev–Trinajstić information content (AvgIpc) is 3.47. The van der Waals surface area contributed by atoms with Crippen LogP contribution in [0.2, 0.25) is 0 Å². The summed E-state index contributed by atoms with van der Waals surface area (Å²) < 4.78 is 28.8. The Morgan fingerprint density at radius 1 is 0.824 bits per heavy atom. The van der Waals surface area contributed by atoms with Gasteiger partial charge in [0.25, 0.3) is 0 Å². The molecule has 5 aliphatic rings. The first kappa shape index (κ1) is 41.9. The number of rotatable bonds is 20. The molecule has 3 saturated carbocycles. The third-order valence-electron chi connectivity index (χ3n) is 13.9. The van der Waals surface area contributed by atoms with Crippen LogP contribution >= 0.6 is 11.8 Å². The normalized spacial score (nSPS) is 40.1. The molecule has 13 atom stereocenters. The maximum atomic E-state index is 10.1. The first-order valence-electron chi connectivity index (χ1n) is 20.5. The molecule has 4 N–H and O–H groups in total. The van der Waals surface area contributed by atoms with Gasteiger partial charge in [0.2, 0.25) is 0 Å². The van der Waals surface area contributed by atoms with Gasteiger partial charge >= 0.3 is 0 Å². The molecule has 0 bridgehead atoms. The van der Waals surface area contributed by atoms with Gasteiger partial charge in [0.1, 0.15) is 29.9 Å². The first-order valence-corrected chi connectivity index (χ1v) is 21.5. The fourth-order valence-electron chi connectivity index (χ4n) is 11.0. The Hall–Kier alpha value is -0.270. The van der Waals surface area contributed by atoms with E-state index in [2.05, 4.69) is 40.7 Å². The molecule has 5 rings (SSSR count). The van der Waals surface area contributed by atoms with Crippen molar-refractivity contribution < 1.29 is 44.1 Å². The van der Waals surface area contributed by atoms with Gasteiger partial charge in [-0.25, -0.2) is 0 Å². The molecule has 1 aliphatic heterocycles. The van der Waals surface area contributed by atoms with Gasteiger partial charge in [0, 0.05) is 5.75 Å². The van der Waals surface area contributed by atoms with Crippen LogP contribution in [0.4, 0.5) is 0 Å². The molecule has 4 aliphatic carbocycles. The number of ether oxygens (including phenoxy) is 5.